The fourth-order valence-corrected chi connectivity index (χ4v) is 1.99. The third-order valence-electron chi connectivity index (χ3n) is 1.63. The second-order valence-corrected chi connectivity index (χ2v) is 3.98. The number of aromatic nitrogens is 1. The normalized spacial score (nSPS) is 13.2. The zero-order valence-electron chi connectivity index (χ0n) is 7.92. The highest BCUT2D eigenvalue weighted by atomic mass is 35.5. The van der Waals surface area contributed by atoms with E-state index in [1.54, 1.807) is 11.3 Å². The highest BCUT2D eigenvalue weighted by molar-refractivity contribution is 7.09. The molecule has 1 rings (SSSR count). The predicted octanol–water partition coefficient (Wildman–Crippen LogP) is 3.37. The highest BCUT2D eigenvalue weighted by Crippen LogP contribution is 2.21. The van der Waals surface area contributed by atoms with Gasteiger partial charge in [-0.25, -0.2) is 4.98 Å². The number of rotatable bonds is 5. The third-order valence-corrected chi connectivity index (χ3v) is 2.95. The van der Waals surface area contributed by atoms with Gasteiger partial charge in [-0.05, 0) is 13.3 Å². The largest absolute Gasteiger partial charge is 0.371 e. The summed E-state index contributed by atoms with van der Waals surface area (Å²) in [5.41, 5.74) is 0.939. The fourth-order valence-electron chi connectivity index (χ4n) is 0.937. The summed E-state index contributed by atoms with van der Waals surface area (Å²) in [5.74, 6) is 0.483. The first-order valence-electron chi connectivity index (χ1n) is 4.39. The molecule has 0 aliphatic carbocycles. The zero-order valence-corrected chi connectivity index (χ0v) is 9.49. The van der Waals surface area contributed by atoms with E-state index in [1.807, 2.05) is 12.3 Å². The van der Waals surface area contributed by atoms with Gasteiger partial charge < -0.3 is 4.74 Å². The molecule has 2 nitrogen and oxygen atoms in total. The molecule has 1 aromatic rings. The number of halogens is 1. The van der Waals surface area contributed by atoms with Crippen LogP contribution >= 0.6 is 22.9 Å². The van der Waals surface area contributed by atoms with Gasteiger partial charge in [-0.2, -0.15) is 0 Å². The predicted molar refractivity (Wildman–Crippen MR) is 56.3 cm³/mol. The molecule has 0 aromatic carbocycles. The van der Waals surface area contributed by atoms with Gasteiger partial charge in [-0.3, -0.25) is 0 Å². The van der Waals surface area contributed by atoms with Crippen LogP contribution in [0.4, 0.5) is 0 Å². The van der Waals surface area contributed by atoms with Crippen molar-refractivity contribution in [3.63, 3.8) is 0 Å². The van der Waals surface area contributed by atoms with E-state index in [2.05, 4.69) is 11.9 Å². The maximum absolute atomic E-state index is 5.65. The summed E-state index contributed by atoms with van der Waals surface area (Å²) in [6, 6.07) is 0. The molecule has 0 spiro atoms. The molecule has 0 saturated carbocycles. The van der Waals surface area contributed by atoms with Crippen LogP contribution in [-0.2, 0) is 10.6 Å². The van der Waals surface area contributed by atoms with Crippen LogP contribution in [0.1, 0.15) is 37.1 Å². The molecule has 1 aromatic heterocycles. The molecule has 0 bridgehead atoms. The van der Waals surface area contributed by atoms with E-state index in [-0.39, 0.29) is 6.10 Å². The lowest BCUT2D eigenvalue weighted by Gasteiger charge is -2.08. The molecule has 13 heavy (non-hydrogen) atoms. The average molecular weight is 220 g/mol. The van der Waals surface area contributed by atoms with E-state index in [1.165, 1.54) is 0 Å². The Morgan fingerprint density at radius 3 is 3.00 bits per heavy atom. The van der Waals surface area contributed by atoms with Crippen molar-refractivity contribution in [2.45, 2.75) is 32.3 Å². The summed E-state index contributed by atoms with van der Waals surface area (Å²) < 4.78 is 5.54. The maximum atomic E-state index is 5.65. The Labute approximate surface area is 87.9 Å². The minimum absolute atomic E-state index is 0.0990. The van der Waals surface area contributed by atoms with E-state index < -0.39 is 0 Å². The van der Waals surface area contributed by atoms with Crippen molar-refractivity contribution in [1.29, 1.82) is 0 Å². The topological polar surface area (TPSA) is 22.1 Å². The Morgan fingerprint density at radius 2 is 2.46 bits per heavy atom. The van der Waals surface area contributed by atoms with Crippen LogP contribution in [0.2, 0.25) is 0 Å². The molecule has 0 radical (unpaired) electrons. The van der Waals surface area contributed by atoms with Gasteiger partial charge in [0, 0.05) is 12.0 Å². The van der Waals surface area contributed by atoms with Crippen molar-refractivity contribution in [2.75, 3.05) is 6.61 Å². The number of alkyl halides is 1. The standard InChI is InChI=1S/C9H14ClNOS/c1-3-4-12-7(2)9-11-8(5-10)6-13-9/h6-7H,3-5H2,1-2H3. The molecule has 1 heterocycles. The maximum Gasteiger partial charge on any atom is 0.122 e. The SMILES string of the molecule is CCCOC(C)c1nc(CCl)cs1. The van der Waals surface area contributed by atoms with E-state index in [4.69, 9.17) is 16.3 Å². The number of nitrogens with zero attached hydrogens (tertiary/aromatic N) is 1. The number of hydrogen-bond donors (Lipinski definition) is 0. The quantitative estimate of drug-likeness (QED) is 0.709. The Bertz CT molecular complexity index is 252. The second-order valence-electron chi connectivity index (χ2n) is 2.82. The first-order chi connectivity index (χ1) is 6.27. The van der Waals surface area contributed by atoms with Gasteiger partial charge in [0.1, 0.15) is 11.1 Å². The van der Waals surface area contributed by atoms with Gasteiger partial charge >= 0.3 is 0 Å². The summed E-state index contributed by atoms with van der Waals surface area (Å²) in [6.07, 6.45) is 1.14. The number of hydrogen-bond acceptors (Lipinski definition) is 3. The Kier molecular flexibility index (Phi) is 4.70. The first kappa shape index (κ1) is 11.0. The molecule has 0 saturated heterocycles. The smallest absolute Gasteiger partial charge is 0.122 e. The molecule has 0 aliphatic rings. The van der Waals surface area contributed by atoms with Crippen molar-refractivity contribution in [2.24, 2.45) is 0 Å². The Balaban J connectivity index is 2.50. The number of ether oxygens (including phenoxy) is 1. The molecule has 0 aliphatic heterocycles. The van der Waals surface area contributed by atoms with Gasteiger partial charge in [0.05, 0.1) is 11.6 Å². The molecule has 0 fully saturated rings. The molecular formula is C9H14ClNOS. The fraction of sp³-hybridized carbons (Fsp3) is 0.667. The summed E-state index contributed by atoms with van der Waals surface area (Å²) >= 11 is 7.26. The summed E-state index contributed by atoms with van der Waals surface area (Å²) in [7, 11) is 0. The highest BCUT2D eigenvalue weighted by Gasteiger charge is 2.09. The lowest BCUT2D eigenvalue weighted by molar-refractivity contribution is 0.0660. The van der Waals surface area contributed by atoms with Gasteiger partial charge in [-0.15, -0.1) is 22.9 Å². The lowest BCUT2D eigenvalue weighted by Crippen LogP contribution is -2.00. The van der Waals surface area contributed by atoms with Crippen LogP contribution in [0.5, 0.6) is 0 Å². The monoisotopic (exact) mass is 219 g/mol. The Hall–Kier alpha value is -0.120. The minimum Gasteiger partial charge on any atom is -0.371 e. The van der Waals surface area contributed by atoms with E-state index in [0.717, 1.165) is 23.7 Å². The second kappa shape index (κ2) is 5.58. The van der Waals surface area contributed by atoms with E-state index >= 15 is 0 Å². The van der Waals surface area contributed by atoms with Gasteiger partial charge in [-0.1, -0.05) is 6.92 Å². The van der Waals surface area contributed by atoms with Crippen molar-refractivity contribution < 1.29 is 4.74 Å². The summed E-state index contributed by atoms with van der Waals surface area (Å²) in [5, 5.41) is 3.00. The van der Waals surface area contributed by atoms with Crippen molar-refractivity contribution in [3.05, 3.63) is 16.1 Å². The van der Waals surface area contributed by atoms with Gasteiger partial charge in [0.25, 0.3) is 0 Å². The van der Waals surface area contributed by atoms with Crippen LogP contribution in [-0.4, -0.2) is 11.6 Å². The molecule has 74 valence electrons. The lowest BCUT2D eigenvalue weighted by atomic mass is 10.4. The molecule has 0 N–H and O–H groups in total. The van der Waals surface area contributed by atoms with Crippen LogP contribution in [0.3, 0.4) is 0 Å². The van der Waals surface area contributed by atoms with Crippen molar-refractivity contribution in [1.82, 2.24) is 4.98 Å². The molecule has 1 unspecified atom stereocenters. The summed E-state index contributed by atoms with van der Waals surface area (Å²) in [4.78, 5) is 4.34. The van der Waals surface area contributed by atoms with Crippen molar-refractivity contribution >= 4 is 22.9 Å². The molecule has 1 atom stereocenters. The third kappa shape index (κ3) is 3.25. The zero-order chi connectivity index (χ0) is 9.68. The van der Waals surface area contributed by atoms with E-state index in [0.29, 0.717) is 5.88 Å². The molecule has 4 heteroatoms. The van der Waals surface area contributed by atoms with E-state index in [9.17, 15) is 0 Å². The van der Waals surface area contributed by atoms with Crippen LogP contribution in [0, 0.1) is 0 Å². The van der Waals surface area contributed by atoms with Crippen LogP contribution < -0.4 is 0 Å². The summed E-state index contributed by atoms with van der Waals surface area (Å²) in [6.45, 7) is 4.90. The van der Waals surface area contributed by atoms with Gasteiger partial charge in [0.15, 0.2) is 0 Å². The van der Waals surface area contributed by atoms with Crippen LogP contribution in [0.15, 0.2) is 5.38 Å². The molecule has 0 amide bonds. The van der Waals surface area contributed by atoms with Gasteiger partial charge in [0.2, 0.25) is 0 Å². The number of thiazole rings is 1. The van der Waals surface area contributed by atoms with Crippen LogP contribution in [0.25, 0.3) is 0 Å². The van der Waals surface area contributed by atoms with Crippen molar-refractivity contribution in [3.8, 4) is 0 Å². The minimum atomic E-state index is 0.0990. The molecular weight excluding hydrogens is 206 g/mol. The average Bonchev–Trinajstić information content (AvgIpc) is 2.62. The Morgan fingerprint density at radius 1 is 1.69 bits per heavy atom. The first-order valence-corrected chi connectivity index (χ1v) is 5.81.